The number of amides is 2. The van der Waals surface area contributed by atoms with E-state index < -0.39 is 0 Å². The van der Waals surface area contributed by atoms with Crippen LogP contribution in [0.4, 0.5) is 0 Å². The Morgan fingerprint density at radius 2 is 1.56 bits per heavy atom. The second kappa shape index (κ2) is 14.2. The van der Waals surface area contributed by atoms with Crippen molar-refractivity contribution in [3.05, 3.63) is 77.6 Å². The number of hydrogen-bond donors (Lipinski definition) is 0. The van der Waals surface area contributed by atoms with Crippen molar-refractivity contribution in [1.82, 2.24) is 14.4 Å². The molecule has 210 valence electrons. The van der Waals surface area contributed by atoms with Gasteiger partial charge in [-0.2, -0.15) is 0 Å². The molecule has 3 rings (SSSR count). The van der Waals surface area contributed by atoms with Gasteiger partial charge in [0.2, 0.25) is 11.7 Å². The molecule has 0 fully saturated rings. The summed E-state index contributed by atoms with van der Waals surface area (Å²) in [6, 6.07) is 17.3. The number of carbonyl (C=O) groups excluding carboxylic acids is 2. The van der Waals surface area contributed by atoms with Crippen molar-refractivity contribution in [2.45, 2.75) is 33.0 Å². The Bertz CT molecular complexity index is 1200. The third-order valence-corrected chi connectivity index (χ3v) is 6.49. The highest BCUT2D eigenvalue weighted by molar-refractivity contribution is 5.97. The van der Waals surface area contributed by atoms with Gasteiger partial charge in [0, 0.05) is 43.7 Å². The molecule has 0 aliphatic carbocycles. The van der Waals surface area contributed by atoms with Crippen molar-refractivity contribution in [3.8, 4) is 17.2 Å². The summed E-state index contributed by atoms with van der Waals surface area (Å²) in [7, 11) is 6.05. The van der Waals surface area contributed by atoms with Gasteiger partial charge in [0.15, 0.2) is 11.5 Å². The van der Waals surface area contributed by atoms with Crippen LogP contribution in [0.15, 0.2) is 60.8 Å². The number of aromatic nitrogens is 1. The SMILES string of the molecule is COCCN(CC(=O)N(Cc1cccn1Cc1ccccc1)C(C)C)C(=O)c1cc(OC)c(OC)c(OC)c1. The molecule has 0 N–H and O–H groups in total. The summed E-state index contributed by atoms with van der Waals surface area (Å²) in [6.45, 7) is 5.51. The van der Waals surface area contributed by atoms with Gasteiger partial charge >= 0.3 is 0 Å². The third-order valence-electron chi connectivity index (χ3n) is 6.49. The van der Waals surface area contributed by atoms with Crippen LogP contribution in [0.5, 0.6) is 17.2 Å². The fourth-order valence-corrected chi connectivity index (χ4v) is 4.36. The summed E-state index contributed by atoms with van der Waals surface area (Å²) in [5, 5.41) is 0. The van der Waals surface area contributed by atoms with E-state index >= 15 is 0 Å². The maximum Gasteiger partial charge on any atom is 0.254 e. The predicted octanol–water partition coefficient (Wildman–Crippen LogP) is 4.09. The number of methoxy groups -OCH3 is 4. The minimum atomic E-state index is -0.337. The maximum atomic E-state index is 13.6. The van der Waals surface area contributed by atoms with Gasteiger partial charge in [-0.15, -0.1) is 0 Å². The molecule has 0 atom stereocenters. The summed E-state index contributed by atoms with van der Waals surface area (Å²) >= 11 is 0. The summed E-state index contributed by atoms with van der Waals surface area (Å²) in [4.78, 5) is 30.6. The molecule has 2 amide bonds. The zero-order valence-corrected chi connectivity index (χ0v) is 23.7. The van der Waals surface area contributed by atoms with Gasteiger partial charge in [0.1, 0.15) is 6.54 Å². The van der Waals surface area contributed by atoms with Crippen LogP contribution < -0.4 is 14.2 Å². The first kappa shape index (κ1) is 29.6. The molecule has 1 heterocycles. The molecule has 0 saturated carbocycles. The standard InChI is InChI=1S/C30H39N3O6/c1-22(2)33(20-25-13-10-14-31(25)19-23-11-8-7-9-12-23)28(34)21-32(15-16-36-3)30(35)24-17-26(37-4)29(39-6)27(18-24)38-5/h7-14,17-18,22H,15-16,19-21H2,1-6H3. The van der Waals surface area contributed by atoms with Crippen LogP contribution in [0.3, 0.4) is 0 Å². The van der Waals surface area contributed by atoms with Crippen molar-refractivity contribution in [2.75, 3.05) is 48.1 Å². The zero-order chi connectivity index (χ0) is 28.4. The van der Waals surface area contributed by atoms with Crippen LogP contribution in [-0.2, 0) is 22.6 Å². The van der Waals surface area contributed by atoms with Crippen LogP contribution in [0.1, 0.15) is 35.5 Å². The number of carbonyl (C=O) groups is 2. The first-order chi connectivity index (χ1) is 18.8. The zero-order valence-electron chi connectivity index (χ0n) is 23.7. The largest absolute Gasteiger partial charge is 0.493 e. The molecule has 1 aromatic heterocycles. The summed E-state index contributed by atoms with van der Waals surface area (Å²) in [6.07, 6.45) is 2.02. The normalized spacial score (nSPS) is 10.8. The van der Waals surface area contributed by atoms with Crippen LogP contribution in [0.25, 0.3) is 0 Å². The first-order valence-electron chi connectivity index (χ1n) is 12.9. The van der Waals surface area contributed by atoms with Gasteiger partial charge < -0.3 is 33.3 Å². The Labute approximate surface area is 230 Å². The average molecular weight is 538 g/mol. The molecule has 0 radical (unpaired) electrons. The summed E-state index contributed by atoms with van der Waals surface area (Å²) < 4.78 is 23.6. The van der Waals surface area contributed by atoms with Crippen molar-refractivity contribution in [3.63, 3.8) is 0 Å². The Kier molecular flexibility index (Phi) is 10.8. The molecule has 0 bridgehead atoms. The molecular formula is C30H39N3O6. The monoisotopic (exact) mass is 537 g/mol. The lowest BCUT2D eigenvalue weighted by Crippen LogP contribution is -2.46. The molecule has 9 heteroatoms. The second-order valence-corrected chi connectivity index (χ2v) is 9.36. The molecule has 0 unspecified atom stereocenters. The lowest BCUT2D eigenvalue weighted by atomic mass is 10.1. The van der Waals surface area contributed by atoms with Crippen LogP contribution in [0.2, 0.25) is 0 Å². The number of nitrogens with zero attached hydrogens (tertiary/aromatic N) is 3. The Hall–Kier alpha value is -3.98. The molecule has 39 heavy (non-hydrogen) atoms. The summed E-state index contributed by atoms with van der Waals surface area (Å²) in [5.41, 5.74) is 2.51. The maximum absolute atomic E-state index is 13.6. The van der Waals surface area contributed by atoms with Crippen molar-refractivity contribution in [2.24, 2.45) is 0 Å². The number of rotatable bonds is 14. The van der Waals surface area contributed by atoms with E-state index in [1.165, 1.54) is 31.8 Å². The van der Waals surface area contributed by atoms with Gasteiger partial charge in [-0.05, 0) is 43.7 Å². The Morgan fingerprint density at radius 3 is 2.13 bits per heavy atom. The summed E-state index contributed by atoms with van der Waals surface area (Å²) in [5.74, 6) is 0.619. The van der Waals surface area contributed by atoms with Crippen LogP contribution >= 0.6 is 0 Å². The fourth-order valence-electron chi connectivity index (χ4n) is 4.36. The van der Waals surface area contributed by atoms with Crippen molar-refractivity contribution < 1.29 is 28.5 Å². The molecule has 0 aliphatic heterocycles. The van der Waals surface area contributed by atoms with Gasteiger partial charge in [-0.25, -0.2) is 0 Å². The van der Waals surface area contributed by atoms with Crippen molar-refractivity contribution >= 4 is 11.8 Å². The van der Waals surface area contributed by atoms with E-state index in [-0.39, 0.29) is 37.6 Å². The number of hydrogen-bond acceptors (Lipinski definition) is 6. The topological polar surface area (TPSA) is 82.5 Å². The molecular weight excluding hydrogens is 498 g/mol. The van der Waals surface area contributed by atoms with Gasteiger partial charge in [-0.1, -0.05) is 30.3 Å². The Balaban J connectivity index is 1.83. The minimum Gasteiger partial charge on any atom is -0.493 e. The molecule has 2 aromatic carbocycles. The highest BCUT2D eigenvalue weighted by Crippen LogP contribution is 2.38. The van der Waals surface area contributed by atoms with Gasteiger partial charge in [0.25, 0.3) is 5.91 Å². The van der Waals surface area contributed by atoms with Gasteiger partial charge in [-0.3, -0.25) is 9.59 Å². The third kappa shape index (κ3) is 7.54. The van der Waals surface area contributed by atoms with E-state index in [1.54, 1.807) is 24.1 Å². The fraction of sp³-hybridized carbons (Fsp3) is 0.400. The van der Waals surface area contributed by atoms with E-state index in [9.17, 15) is 9.59 Å². The van der Waals surface area contributed by atoms with E-state index in [0.29, 0.717) is 35.9 Å². The highest BCUT2D eigenvalue weighted by atomic mass is 16.5. The Morgan fingerprint density at radius 1 is 0.897 bits per heavy atom. The van der Waals surface area contributed by atoms with Crippen LogP contribution in [0, 0.1) is 0 Å². The lowest BCUT2D eigenvalue weighted by molar-refractivity contribution is -0.134. The molecule has 0 aliphatic rings. The number of benzene rings is 2. The molecule has 3 aromatic rings. The quantitative estimate of drug-likeness (QED) is 0.308. The lowest BCUT2D eigenvalue weighted by Gasteiger charge is -2.31. The minimum absolute atomic E-state index is 0.0712. The van der Waals surface area contributed by atoms with E-state index in [4.69, 9.17) is 18.9 Å². The molecule has 0 spiro atoms. The molecule has 0 saturated heterocycles. The van der Waals surface area contributed by atoms with E-state index in [0.717, 1.165) is 5.69 Å². The van der Waals surface area contributed by atoms with Crippen LogP contribution in [-0.4, -0.2) is 80.4 Å². The second-order valence-electron chi connectivity index (χ2n) is 9.36. The van der Waals surface area contributed by atoms with E-state index in [2.05, 4.69) is 16.7 Å². The van der Waals surface area contributed by atoms with E-state index in [1.807, 2.05) is 50.4 Å². The average Bonchev–Trinajstić information content (AvgIpc) is 3.39. The first-order valence-corrected chi connectivity index (χ1v) is 12.9. The van der Waals surface area contributed by atoms with Crippen molar-refractivity contribution in [1.29, 1.82) is 0 Å². The predicted molar refractivity (Wildman–Crippen MR) is 150 cm³/mol. The smallest absolute Gasteiger partial charge is 0.254 e. The number of ether oxygens (including phenoxy) is 4. The molecule has 9 nitrogen and oxygen atoms in total. The van der Waals surface area contributed by atoms with Gasteiger partial charge in [0.05, 0.1) is 34.5 Å². The highest BCUT2D eigenvalue weighted by Gasteiger charge is 2.26.